The predicted octanol–water partition coefficient (Wildman–Crippen LogP) is 5.35. The number of hydrogen-bond acceptors (Lipinski definition) is 2. The van der Waals surface area contributed by atoms with Gasteiger partial charge >= 0.3 is 5.97 Å². The summed E-state index contributed by atoms with van der Waals surface area (Å²) in [6.07, 6.45) is 0.606. The summed E-state index contributed by atoms with van der Waals surface area (Å²) in [6.45, 7) is 6.11. The number of benzene rings is 2. The van der Waals surface area contributed by atoms with Crippen LogP contribution in [0.1, 0.15) is 50.2 Å². The SMILES string of the molecule is CC(C)(C)CC1NC(C(=O)O)C(c2ccccc2F)C1c1ccc(Cl)cc1F. The van der Waals surface area contributed by atoms with E-state index in [1.807, 2.05) is 20.8 Å². The summed E-state index contributed by atoms with van der Waals surface area (Å²) >= 11 is 5.91. The molecule has 0 saturated carbocycles. The normalized spacial score (nSPS) is 25.1. The Labute approximate surface area is 168 Å². The van der Waals surface area contributed by atoms with Gasteiger partial charge in [0.05, 0.1) is 0 Å². The van der Waals surface area contributed by atoms with Crippen molar-refractivity contribution in [3.05, 3.63) is 70.2 Å². The molecule has 1 heterocycles. The smallest absolute Gasteiger partial charge is 0.321 e. The van der Waals surface area contributed by atoms with Gasteiger partial charge < -0.3 is 10.4 Å². The molecule has 1 aliphatic heterocycles. The zero-order valence-corrected chi connectivity index (χ0v) is 16.8. The summed E-state index contributed by atoms with van der Waals surface area (Å²) in [4.78, 5) is 12.0. The van der Waals surface area contributed by atoms with E-state index in [9.17, 15) is 18.7 Å². The van der Waals surface area contributed by atoms with Gasteiger partial charge in [0, 0.05) is 22.9 Å². The van der Waals surface area contributed by atoms with Crippen LogP contribution in [0.4, 0.5) is 8.78 Å². The molecule has 0 radical (unpaired) electrons. The molecule has 2 N–H and O–H groups in total. The van der Waals surface area contributed by atoms with Crippen LogP contribution in [0.15, 0.2) is 42.5 Å². The molecular formula is C22H24ClF2NO2. The molecule has 1 fully saturated rings. The van der Waals surface area contributed by atoms with E-state index in [1.165, 1.54) is 12.1 Å². The zero-order valence-electron chi connectivity index (χ0n) is 16.0. The molecule has 2 aromatic rings. The lowest BCUT2D eigenvalue weighted by Crippen LogP contribution is -2.39. The Balaban J connectivity index is 2.18. The highest BCUT2D eigenvalue weighted by Gasteiger charge is 2.49. The van der Waals surface area contributed by atoms with E-state index in [0.717, 1.165) is 0 Å². The van der Waals surface area contributed by atoms with E-state index in [-0.39, 0.29) is 22.0 Å². The molecule has 0 spiro atoms. The summed E-state index contributed by atoms with van der Waals surface area (Å²) in [6, 6.07) is 9.14. The van der Waals surface area contributed by atoms with Crippen molar-refractivity contribution in [3.63, 3.8) is 0 Å². The fraction of sp³-hybridized carbons (Fsp3) is 0.409. The molecule has 4 unspecified atom stereocenters. The Morgan fingerprint density at radius 3 is 2.29 bits per heavy atom. The molecule has 28 heavy (non-hydrogen) atoms. The van der Waals surface area contributed by atoms with Gasteiger partial charge in [-0.1, -0.05) is 56.6 Å². The van der Waals surface area contributed by atoms with Crippen molar-refractivity contribution in [3.8, 4) is 0 Å². The van der Waals surface area contributed by atoms with E-state index in [2.05, 4.69) is 5.32 Å². The number of hydrogen-bond donors (Lipinski definition) is 2. The van der Waals surface area contributed by atoms with Crippen molar-refractivity contribution < 1.29 is 18.7 Å². The van der Waals surface area contributed by atoms with Crippen LogP contribution in [0.2, 0.25) is 5.02 Å². The molecule has 0 bridgehead atoms. The molecule has 150 valence electrons. The van der Waals surface area contributed by atoms with Crippen LogP contribution >= 0.6 is 11.6 Å². The van der Waals surface area contributed by atoms with E-state index >= 15 is 0 Å². The Bertz CT molecular complexity index is 881. The van der Waals surface area contributed by atoms with Crippen molar-refractivity contribution in [2.24, 2.45) is 5.41 Å². The van der Waals surface area contributed by atoms with E-state index in [4.69, 9.17) is 11.6 Å². The number of nitrogens with one attached hydrogen (secondary N) is 1. The first-order valence-corrected chi connectivity index (χ1v) is 9.64. The van der Waals surface area contributed by atoms with Gasteiger partial charge in [0.25, 0.3) is 0 Å². The average Bonchev–Trinajstić information content (AvgIpc) is 2.92. The summed E-state index contributed by atoms with van der Waals surface area (Å²) < 4.78 is 29.5. The number of carboxylic acids is 1. The van der Waals surface area contributed by atoms with Gasteiger partial charge in [-0.2, -0.15) is 0 Å². The number of carbonyl (C=O) groups is 1. The van der Waals surface area contributed by atoms with Crippen molar-refractivity contribution >= 4 is 17.6 Å². The van der Waals surface area contributed by atoms with Crippen LogP contribution in [0.25, 0.3) is 0 Å². The third-order valence-corrected chi connectivity index (χ3v) is 5.49. The minimum Gasteiger partial charge on any atom is -0.480 e. The van der Waals surface area contributed by atoms with Gasteiger partial charge in [0.1, 0.15) is 17.7 Å². The van der Waals surface area contributed by atoms with Crippen molar-refractivity contribution in [1.82, 2.24) is 5.32 Å². The molecule has 3 rings (SSSR count). The van der Waals surface area contributed by atoms with Gasteiger partial charge in [0.15, 0.2) is 0 Å². The highest BCUT2D eigenvalue weighted by atomic mass is 35.5. The minimum absolute atomic E-state index is 0.133. The number of halogens is 3. The first kappa shape index (κ1) is 20.7. The van der Waals surface area contributed by atoms with E-state index in [1.54, 1.807) is 30.3 Å². The van der Waals surface area contributed by atoms with Crippen molar-refractivity contribution in [2.45, 2.75) is 51.1 Å². The molecule has 4 atom stereocenters. The fourth-order valence-corrected chi connectivity index (χ4v) is 4.43. The van der Waals surface area contributed by atoms with E-state index in [0.29, 0.717) is 12.0 Å². The predicted molar refractivity (Wildman–Crippen MR) is 106 cm³/mol. The Morgan fingerprint density at radius 2 is 1.71 bits per heavy atom. The first-order valence-electron chi connectivity index (χ1n) is 9.27. The Kier molecular flexibility index (Phi) is 5.78. The van der Waals surface area contributed by atoms with Gasteiger partial charge in [-0.15, -0.1) is 0 Å². The highest BCUT2D eigenvalue weighted by molar-refractivity contribution is 6.30. The fourth-order valence-electron chi connectivity index (χ4n) is 4.27. The van der Waals surface area contributed by atoms with Gasteiger partial charge in [-0.3, -0.25) is 4.79 Å². The molecule has 1 saturated heterocycles. The number of aliphatic carboxylic acids is 1. The molecule has 1 aliphatic rings. The second-order valence-corrected chi connectivity index (χ2v) is 9.03. The standard InChI is InChI=1S/C22H24ClF2NO2/c1-22(2,3)11-17-18(14-9-8-12(23)10-16(14)25)19(20(26-17)21(27)28)13-6-4-5-7-15(13)24/h4-10,17-20,26H,11H2,1-3H3,(H,27,28). The average molecular weight is 408 g/mol. The maximum absolute atomic E-state index is 14.9. The Morgan fingerprint density at radius 1 is 1.07 bits per heavy atom. The molecule has 2 aromatic carbocycles. The van der Waals surface area contributed by atoms with Crippen molar-refractivity contribution in [2.75, 3.05) is 0 Å². The van der Waals surface area contributed by atoms with Crippen LogP contribution in [-0.2, 0) is 4.79 Å². The van der Waals surface area contributed by atoms with Crippen LogP contribution in [0.5, 0.6) is 0 Å². The highest BCUT2D eigenvalue weighted by Crippen LogP contribution is 2.47. The van der Waals surface area contributed by atoms with Crippen LogP contribution in [0.3, 0.4) is 0 Å². The minimum atomic E-state index is -1.08. The monoisotopic (exact) mass is 407 g/mol. The molecular weight excluding hydrogens is 384 g/mol. The lowest BCUT2D eigenvalue weighted by atomic mass is 9.74. The van der Waals surface area contributed by atoms with Gasteiger partial charge in [-0.25, -0.2) is 8.78 Å². The third kappa shape index (κ3) is 4.20. The topological polar surface area (TPSA) is 49.3 Å². The van der Waals surface area contributed by atoms with E-state index < -0.39 is 35.5 Å². The second-order valence-electron chi connectivity index (χ2n) is 8.59. The van der Waals surface area contributed by atoms with Gasteiger partial charge in [-0.05, 0) is 41.2 Å². The molecule has 0 amide bonds. The molecule has 0 aliphatic carbocycles. The summed E-state index contributed by atoms with van der Waals surface area (Å²) in [5.74, 6) is -3.37. The number of rotatable bonds is 4. The van der Waals surface area contributed by atoms with Crippen LogP contribution < -0.4 is 5.32 Å². The lowest BCUT2D eigenvalue weighted by Gasteiger charge is -2.30. The zero-order chi connectivity index (χ0) is 20.6. The van der Waals surface area contributed by atoms with Crippen LogP contribution in [0, 0.1) is 17.0 Å². The maximum Gasteiger partial charge on any atom is 0.321 e. The Hall–Kier alpha value is -1.98. The van der Waals surface area contributed by atoms with Crippen LogP contribution in [-0.4, -0.2) is 23.2 Å². The summed E-state index contributed by atoms with van der Waals surface area (Å²) in [7, 11) is 0. The third-order valence-electron chi connectivity index (χ3n) is 5.26. The van der Waals surface area contributed by atoms with Crippen molar-refractivity contribution in [1.29, 1.82) is 0 Å². The molecule has 0 aromatic heterocycles. The summed E-state index contributed by atoms with van der Waals surface area (Å²) in [5, 5.41) is 13.2. The molecule has 6 heteroatoms. The largest absolute Gasteiger partial charge is 0.480 e. The molecule has 3 nitrogen and oxygen atoms in total. The summed E-state index contributed by atoms with van der Waals surface area (Å²) in [5.41, 5.74) is 0.493. The number of carboxylic acid groups (broad SMARTS) is 1. The second kappa shape index (κ2) is 7.80. The maximum atomic E-state index is 14.9. The lowest BCUT2D eigenvalue weighted by molar-refractivity contribution is -0.139. The first-order chi connectivity index (χ1) is 13.1. The van der Waals surface area contributed by atoms with Gasteiger partial charge in [0.2, 0.25) is 0 Å². The quantitative estimate of drug-likeness (QED) is 0.718.